The number of hydrogen-bond donors (Lipinski definition) is 1. The zero-order valence-corrected chi connectivity index (χ0v) is 17.1. The molecule has 4 heteroatoms. The molecule has 8 atom stereocenters. The summed E-state index contributed by atoms with van der Waals surface area (Å²) in [4.78, 5) is 14.8. The highest BCUT2D eigenvalue weighted by Gasteiger charge is 2.70. The number of esters is 1. The van der Waals surface area contributed by atoms with Crippen molar-refractivity contribution < 1.29 is 14.6 Å². The molecule has 0 amide bonds. The van der Waals surface area contributed by atoms with Crippen LogP contribution in [0.1, 0.15) is 65.2 Å². The van der Waals surface area contributed by atoms with Gasteiger partial charge in [0.05, 0.1) is 12.7 Å². The molecule has 150 valence electrons. The standard InChI is InChI=1S/C23H35NO3/c1-14-13-24-20-17-6-4-5-15(17)7-8-18(20)22(2,26)23(12-10-19(25)27-3)11-9-16(14)21(23)24/h6,14-16,18,20-21,26H,4-5,7-13H2,1-3H3/t14-,15-,16-,18+,20+,21+,22-,23+/m0/s1. The molecule has 0 unspecified atom stereocenters. The molecule has 1 N–H and O–H groups in total. The highest BCUT2D eigenvalue weighted by molar-refractivity contribution is 5.69. The molecule has 5 rings (SSSR count). The predicted molar refractivity (Wildman–Crippen MR) is 104 cm³/mol. The first kappa shape index (κ1) is 18.2. The van der Waals surface area contributed by atoms with Gasteiger partial charge in [0.25, 0.3) is 0 Å². The van der Waals surface area contributed by atoms with Gasteiger partial charge in [0.1, 0.15) is 0 Å². The summed E-state index contributed by atoms with van der Waals surface area (Å²) in [6, 6.07) is 0.858. The van der Waals surface area contributed by atoms with E-state index in [-0.39, 0.29) is 11.4 Å². The summed E-state index contributed by atoms with van der Waals surface area (Å²) in [7, 11) is 1.48. The van der Waals surface area contributed by atoms with Crippen molar-refractivity contribution >= 4 is 5.97 Å². The van der Waals surface area contributed by atoms with E-state index in [2.05, 4.69) is 24.8 Å². The number of hydrogen-bond acceptors (Lipinski definition) is 4. The first-order valence-corrected chi connectivity index (χ1v) is 11.2. The molecule has 0 bridgehead atoms. The Kier molecular flexibility index (Phi) is 4.08. The molecule has 0 radical (unpaired) electrons. The smallest absolute Gasteiger partial charge is 0.305 e. The molecule has 4 fully saturated rings. The van der Waals surface area contributed by atoms with Crippen LogP contribution < -0.4 is 0 Å². The summed E-state index contributed by atoms with van der Waals surface area (Å²) in [5.74, 6) is 2.27. The van der Waals surface area contributed by atoms with Crippen molar-refractivity contribution in [2.75, 3.05) is 13.7 Å². The highest BCUT2D eigenvalue weighted by Crippen LogP contribution is 2.67. The van der Waals surface area contributed by atoms with Gasteiger partial charge in [-0.1, -0.05) is 18.6 Å². The summed E-state index contributed by atoms with van der Waals surface area (Å²) in [5, 5.41) is 12.1. The number of ether oxygens (including phenoxy) is 1. The SMILES string of the molecule is COC(=O)CC[C@@]12CC[C@H]3[C@@H](C)CN([C@@H]4C5=CCC[C@H]5CC[C@H]4[C@]1(C)O)[C@H]32. The molecule has 0 spiro atoms. The van der Waals surface area contributed by atoms with Crippen molar-refractivity contribution in [3.05, 3.63) is 11.6 Å². The average molecular weight is 374 g/mol. The van der Waals surface area contributed by atoms with E-state index in [0.717, 1.165) is 31.7 Å². The lowest BCUT2D eigenvalue weighted by atomic mass is 9.52. The van der Waals surface area contributed by atoms with Crippen molar-refractivity contribution in [2.24, 2.45) is 29.1 Å². The Hall–Kier alpha value is -0.870. The summed E-state index contributed by atoms with van der Waals surface area (Å²) in [6.07, 6.45) is 10.8. The van der Waals surface area contributed by atoms with Crippen LogP contribution in [0.15, 0.2) is 11.6 Å². The van der Waals surface area contributed by atoms with Crippen LogP contribution >= 0.6 is 0 Å². The molecule has 0 aromatic rings. The van der Waals surface area contributed by atoms with E-state index in [1.165, 1.54) is 32.8 Å². The van der Waals surface area contributed by atoms with Crippen molar-refractivity contribution in [1.29, 1.82) is 0 Å². The topological polar surface area (TPSA) is 49.8 Å². The number of aliphatic hydroxyl groups is 1. The van der Waals surface area contributed by atoms with Gasteiger partial charge in [-0.15, -0.1) is 0 Å². The lowest BCUT2D eigenvalue weighted by molar-refractivity contribution is -0.203. The second-order valence-corrected chi connectivity index (χ2v) is 10.3. The van der Waals surface area contributed by atoms with Crippen molar-refractivity contribution in [3.8, 4) is 0 Å². The molecule has 2 aliphatic heterocycles. The Morgan fingerprint density at radius 3 is 2.93 bits per heavy atom. The normalized spacial score (nSPS) is 50.7. The Balaban J connectivity index is 1.58. The number of allylic oxidation sites excluding steroid dienone is 1. The van der Waals surface area contributed by atoms with Crippen LogP contribution in [0.3, 0.4) is 0 Å². The maximum Gasteiger partial charge on any atom is 0.305 e. The van der Waals surface area contributed by atoms with E-state index in [1.807, 2.05) is 0 Å². The number of piperidine rings is 1. The zero-order valence-electron chi connectivity index (χ0n) is 17.1. The lowest BCUT2D eigenvalue weighted by Gasteiger charge is -2.63. The van der Waals surface area contributed by atoms with Gasteiger partial charge in [0.2, 0.25) is 0 Å². The van der Waals surface area contributed by atoms with Crippen LogP contribution in [0.4, 0.5) is 0 Å². The molecule has 27 heavy (non-hydrogen) atoms. The summed E-state index contributed by atoms with van der Waals surface area (Å²) in [5.41, 5.74) is 0.775. The van der Waals surface area contributed by atoms with Gasteiger partial charge >= 0.3 is 5.97 Å². The molecule has 3 aliphatic carbocycles. The van der Waals surface area contributed by atoms with E-state index in [0.29, 0.717) is 36.3 Å². The molecular formula is C23H35NO3. The van der Waals surface area contributed by atoms with Gasteiger partial charge < -0.3 is 9.84 Å². The van der Waals surface area contributed by atoms with E-state index < -0.39 is 5.60 Å². The monoisotopic (exact) mass is 373 g/mol. The summed E-state index contributed by atoms with van der Waals surface area (Å²) in [6.45, 7) is 5.70. The van der Waals surface area contributed by atoms with Gasteiger partial charge in [-0.3, -0.25) is 9.69 Å². The third-order valence-corrected chi connectivity index (χ3v) is 9.49. The molecule has 0 aromatic carbocycles. The number of carbonyl (C=O) groups is 1. The maximum atomic E-state index is 12.1. The summed E-state index contributed by atoms with van der Waals surface area (Å²) < 4.78 is 4.97. The van der Waals surface area contributed by atoms with E-state index in [9.17, 15) is 9.90 Å². The molecule has 2 saturated carbocycles. The minimum Gasteiger partial charge on any atom is -0.469 e. The van der Waals surface area contributed by atoms with Crippen LogP contribution in [0.2, 0.25) is 0 Å². The van der Waals surface area contributed by atoms with Crippen LogP contribution in [-0.4, -0.2) is 47.3 Å². The first-order chi connectivity index (χ1) is 12.9. The van der Waals surface area contributed by atoms with E-state index in [1.54, 1.807) is 5.57 Å². The molecule has 4 nitrogen and oxygen atoms in total. The second-order valence-electron chi connectivity index (χ2n) is 10.3. The van der Waals surface area contributed by atoms with Crippen molar-refractivity contribution in [3.63, 3.8) is 0 Å². The fourth-order valence-corrected chi connectivity index (χ4v) is 8.28. The van der Waals surface area contributed by atoms with Gasteiger partial charge in [0.15, 0.2) is 0 Å². The van der Waals surface area contributed by atoms with Crippen LogP contribution in [0.5, 0.6) is 0 Å². The number of nitrogens with zero attached hydrogens (tertiary/aromatic N) is 1. The molecule has 0 aromatic heterocycles. The van der Waals surface area contributed by atoms with Crippen LogP contribution in [0, 0.1) is 29.1 Å². The highest BCUT2D eigenvalue weighted by atomic mass is 16.5. The molecule has 2 saturated heterocycles. The third kappa shape index (κ3) is 2.26. The Morgan fingerprint density at radius 1 is 1.33 bits per heavy atom. The van der Waals surface area contributed by atoms with Crippen LogP contribution in [-0.2, 0) is 9.53 Å². The number of rotatable bonds is 3. The lowest BCUT2D eigenvalue weighted by Crippen LogP contribution is -2.71. The summed E-state index contributed by atoms with van der Waals surface area (Å²) >= 11 is 0. The van der Waals surface area contributed by atoms with Crippen LogP contribution in [0.25, 0.3) is 0 Å². The van der Waals surface area contributed by atoms with Crippen molar-refractivity contribution in [2.45, 2.75) is 82.9 Å². The third-order valence-electron chi connectivity index (χ3n) is 9.49. The minimum absolute atomic E-state index is 0.134. The van der Waals surface area contributed by atoms with Crippen molar-refractivity contribution in [1.82, 2.24) is 4.90 Å². The number of methoxy groups -OCH3 is 1. The van der Waals surface area contributed by atoms with E-state index in [4.69, 9.17) is 4.74 Å². The van der Waals surface area contributed by atoms with Gasteiger partial charge in [0, 0.05) is 36.4 Å². The largest absolute Gasteiger partial charge is 0.469 e. The fourth-order valence-electron chi connectivity index (χ4n) is 8.28. The van der Waals surface area contributed by atoms with E-state index >= 15 is 0 Å². The molecule has 2 heterocycles. The Labute approximate surface area is 163 Å². The Bertz CT molecular complexity index is 671. The minimum atomic E-state index is -0.708. The van der Waals surface area contributed by atoms with Gasteiger partial charge in [-0.25, -0.2) is 0 Å². The number of fused-ring (bicyclic) bond motifs is 4. The predicted octanol–water partition coefficient (Wildman–Crippen LogP) is 3.54. The quantitative estimate of drug-likeness (QED) is 0.607. The fraction of sp³-hybridized carbons (Fsp3) is 0.870. The average Bonchev–Trinajstić information content (AvgIpc) is 3.34. The molecule has 5 aliphatic rings. The molecular weight excluding hydrogens is 338 g/mol. The Morgan fingerprint density at radius 2 is 2.15 bits per heavy atom. The second kappa shape index (κ2) is 6.06. The first-order valence-electron chi connectivity index (χ1n) is 11.2. The van der Waals surface area contributed by atoms with Gasteiger partial charge in [-0.2, -0.15) is 0 Å². The zero-order chi connectivity index (χ0) is 19.0. The number of carbonyl (C=O) groups excluding carboxylic acids is 1. The van der Waals surface area contributed by atoms with Gasteiger partial charge in [-0.05, 0) is 69.6 Å². The maximum absolute atomic E-state index is 12.1.